The maximum atomic E-state index is 11.8. The van der Waals surface area contributed by atoms with Crippen molar-refractivity contribution in [3.63, 3.8) is 0 Å². The van der Waals surface area contributed by atoms with Crippen LogP contribution in [0, 0.1) is 0 Å². The highest BCUT2D eigenvalue weighted by Crippen LogP contribution is 2.17. The van der Waals surface area contributed by atoms with E-state index in [1.54, 1.807) is 16.8 Å². The second kappa shape index (κ2) is 5.99. The Morgan fingerprint density at radius 3 is 2.50 bits per heavy atom. The van der Waals surface area contributed by atoms with Gasteiger partial charge in [0.2, 0.25) is 0 Å². The number of rotatable bonds is 3. The van der Waals surface area contributed by atoms with Crippen molar-refractivity contribution in [3.8, 4) is 5.69 Å². The fraction of sp³-hybridized carbons (Fsp3) is 0.286. The molecule has 0 amide bonds. The van der Waals surface area contributed by atoms with E-state index in [4.69, 9.17) is 11.6 Å². The number of hydrogen-bond acceptors (Lipinski definition) is 3. The highest BCUT2D eigenvalue weighted by Gasteiger charge is 2.25. The van der Waals surface area contributed by atoms with Crippen molar-refractivity contribution in [1.82, 2.24) is 9.78 Å². The van der Waals surface area contributed by atoms with Gasteiger partial charge in [-0.15, -0.1) is 0 Å². The van der Waals surface area contributed by atoms with Gasteiger partial charge in [0.15, 0.2) is 0 Å². The first-order chi connectivity index (χ1) is 9.36. The number of halogens is 1. The van der Waals surface area contributed by atoms with Crippen LogP contribution in [-0.2, 0) is 11.4 Å². The Kier molecular flexibility index (Phi) is 4.52. The molecule has 0 aliphatic carbocycles. The Morgan fingerprint density at radius 2 is 1.90 bits per heavy atom. The predicted octanol–water partition coefficient (Wildman–Crippen LogP) is 3.41. The number of benzene rings is 1. The van der Waals surface area contributed by atoms with Crippen LogP contribution < -0.4 is 0 Å². The van der Waals surface area contributed by atoms with Crippen LogP contribution in [-0.4, -0.2) is 25.3 Å². The summed E-state index contributed by atoms with van der Waals surface area (Å²) in [5.74, 6) is 0. The molecule has 6 heteroatoms. The van der Waals surface area contributed by atoms with Gasteiger partial charge < -0.3 is 4.55 Å². The zero-order valence-electron chi connectivity index (χ0n) is 11.6. The fourth-order valence-electron chi connectivity index (χ4n) is 1.40. The summed E-state index contributed by atoms with van der Waals surface area (Å²) < 4.78 is 17.2. The molecule has 0 saturated carbocycles. The minimum absolute atomic E-state index is 0.366. The third kappa shape index (κ3) is 3.85. The van der Waals surface area contributed by atoms with Crippen molar-refractivity contribution in [2.45, 2.75) is 25.5 Å². The lowest BCUT2D eigenvalue weighted by atomic mass is 10.3. The SMILES string of the molecule is CC(C)(C)[S@@+]([O-])N=Cc1ccn(-c2ccc(Cl)cc2)n1. The van der Waals surface area contributed by atoms with Gasteiger partial charge >= 0.3 is 0 Å². The van der Waals surface area contributed by atoms with Crippen molar-refractivity contribution in [3.05, 3.63) is 47.2 Å². The maximum Gasteiger partial charge on any atom is 0.144 e. The Balaban J connectivity index is 2.13. The molecule has 0 N–H and O–H groups in total. The molecule has 1 heterocycles. The lowest BCUT2D eigenvalue weighted by Gasteiger charge is -2.17. The molecule has 2 rings (SSSR count). The standard InChI is InChI=1S/C14H16ClN3OS/c1-14(2,3)20(19)16-10-12-8-9-18(17-12)13-6-4-11(15)5-7-13/h4-10H,1-3H3/t20-/m1/s1. The van der Waals surface area contributed by atoms with E-state index in [2.05, 4.69) is 9.50 Å². The summed E-state index contributed by atoms with van der Waals surface area (Å²) in [4.78, 5) is 0. The first-order valence-corrected chi connectivity index (χ1v) is 7.62. The van der Waals surface area contributed by atoms with Gasteiger partial charge in [-0.2, -0.15) is 5.10 Å². The van der Waals surface area contributed by atoms with Gasteiger partial charge in [0, 0.05) is 11.2 Å². The molecule has 0 saturated heterocycles. The molecule has 1 atom stereocenters. The summed E-state index contributed by atoms with van der Waals surface area (Å²) in [6.45, 7) is 5.65. The molecule has 0 bridgehead atoms. The molecule has 0 spiro atoms. The van der Waals surface area contributed by atoms with Crippen LogP contribution in [0.3, 0.4) is 0 Å². The molecule has 1 aromatic heterocycles. The lowest BCUT2D eigenvalue weighted by molar-refractivity contribution is 0.562. The van der Waals surface area contributed by atoms with E-state index >= 15 is 0 Å². The van der Waals surface area contributed by atoms with Crippen LogP contribution >= 0.6 is 11.6 Å². The molecule has 106 valence electrons. The first-order valence-electron chi connectivity index (χ1n) is 6.14. The molecule has 0 radical (unpaired) electrons. The topological polar surface area (TPSA) is 53.2 Å². The van der Waals surface area contributed by atoms with E-state index in [9.17, 15) is 4.55 Å². The highest BCUT2D eigenvalue weighted by atomic mass is 35.5. The second-order valence-electron chi connectivity index (χ2n) is 5.26. The van der Waals surface area contributed by atoms with Gasteiger partial charge in [-0.25, -0.2) is 4.68 Å². The van der Waals surface area contributed by atoms with E-state index in [1.165, 1.54) is 6.21 Å². The van der Waals surface area contributed by atoms with Gasteiger partial charge in [0.1, 0.15) is 28.0 Å². The third-order valence-corrected chi connectivity index (χ3v) is 4.10. The molecule has 0 fully saturated rings. The predicted molar refractivity (Wildman–Crippen MR) is 84.1 cm³/mol. The van der Waals surface area contributed by atoms with Crippen molar-refractivity contribution >= 4 is 29.2 Å². The van der Waals surface area contributed by atoms with Crippen LogP contribution in [0.1, 0.15) is 26.5 Å². The second-order valence-corrected chi connectivity index (χ2v) is 7.63. The van der Waals surface area contributed by atoms with Crippen molar-refractivity contribution in [1.29, 1.82) is 0 Å². The van der Waals surface area contributed by atoms with Gasteiger partial charge in [-0.3, -0.25) is 0 Å². The van der Waals surface area contributed by atoms with Gasteiger partial charge in [-0.1, -0.05) is 16.0 Å². The number of aromatic nitrogens is 2. The summed E-state index contributed by atoms with van der Waals surface area (Å²) in [7, 11) is 0. The van der Waals surface area contributed by atoms with E-state index in [1.807, 2.05) is 45.2 Å². The molecule has 2 aromatic rings. The Morgan fingerprint density at radius 1 is 1.25 bits per heavy atom. The quantitative estimate of drug-likeness (QED) is 0.644. The molecular formula is C14H16ClN3OS. The first kappa shape index (κ1) is 15.1. The highest BCUT2D eigenvalue weighted by molar-refractivity contribution is 7.91. The minimum atomic E-state index is -1.27. The molecule has 0 aliphatic rings. The zero-order chi connectivity index (χ0) is 14.8. The van der Waals surface area contributed by atoms with Crippen molar-refractivity contribution in [2.24, 2.45) is 4.40 Å². The minimum Gasteiger partial charge on any atom is -0.591 e. The normalized spacial score (nSPS) is 13.8. The van der Waals surface area contributed by atoms with Crippen LogP contribution in [0.5, 0.6) is 0 Å². The summed E-state index contributed by atoms with van der Waals surface area (Å²) >= 11 is 4.57. The third-order valence-electron chi connectivity index (χ3n) is 2.51. The molecule has 1 aromatic carbocycles. The van der Waals surface area contributed by atoms with Crippen LogP contribution in [0.4, 0.5) is 0 Å². The largest absolute Gasteiger partial charge is 0.591 e. The molecule has 4 nitrogen and oxygen atoms in total. The van der Waals surface area contributed by atoms with Gasteiger partial charge in [0.05, 0.1) is 5.69 Å². The summed E-state index contributed by atoms with van der Waals surface area (Å²) in [5.41, 5.74) is 1.57. The van der Waals surface area contributed by atoms with Crippen LogP contribution in [0.15, 0.2) is 40.9 Å². The Hall–Kier alpha value is -1.30. The zero-order valence-corrected chi connectivity index (χ0v) is 13.1. The summed E-state index contributed by atoms with van der Waals surface area (Å²) in [6.07, 6.45) is 3.36. The average molecular weight is 310 g/mol. The molecule has 0 aliphatic heterocycles. The van der Waals surface area contributed by atoms with Crippen molar-refractivity contribution < 1.29 is 4.55 Å². The van der Waals surface area contributed by atoms with E-state index in [-0.39, 0.29) is 4.75 Å². The molecule has 20 heavy (non-hydrogen) atoms. The molecular weight excluding hydrogens is 294 g/mol. The number of nitrogens with zero attached hydrogens (tertiary/aromatic N) is 3. The Bertz CT molecular complexity index is 602. The van der Waals surface area contributed by atoms with Gasteiger partial charge in [-0.05, 0) is 51.1 Å². The van der Waals surface area contributed by atoms with E-state index in [0.717, 1.165) is 5.69 Å². The van der Waals surface area contributed by atoms with E-state index < -0.39 is 11.4 Å². The average Bonchev–Trinajstić information content (AvgIpc) is 2.84. The Labute approximate surface area is 126 Å². The van der Waals surface area contributed by atoms with Crippen LogP contribution in [0.2, 0.25) is 5.02 Å². The van der Waals surface area contributed by atoms with Crippen LogP contribution in [0.25, 0.3) is 5.69 Å². The summed E-state index contributed by atoms with van der Waals surface area (Å²) in [6, 6.07) is 9.19. The van der Waals surface area contributed by atoms with Crippen molar-refractivity contribution in [2.75, 3.05) is 0 Å². The summed E-state index contributed by atoms with van der Waals surface area (Å²) in [5, 5.41) is 5.04. The lowest BCUT2D eigenvalue weighted by Crippen LogP contribution is -2.25. The fourth-order valence-corrected chi connectivity index (χ4v) is 2.05. The molecule has 0 unspecified atom stereocenters. The van der Waals surface area contributed by atoms with E-state index in [0.29, 0.717) is 10.7 Å². The monoisotopic (exact) mass is 309 g/mol. The maximum absolute atomic E-state index is 11.8. The number of hydrogen-bond donors (Lipinski definition) is 0. The smallest absolute Gasteiger partial charge is 0.144 e. The van der Waals surface area contributed by atoms with Gasteiger partial charge in [0.25, 0.3) is 0 Å².